The van der Waals surface area contributed by atoms with E-state index in [1.165, 1.54) is 22.6 Å². The van der Waals surface area contributed by atoms with Gasteiger partial charge in [-0.1, -0.05) is 61.8 Å². The van der Waals surface area contributed by atoms with Crippen molar-refractivity contribution in [2.75, 3.05) is 13.1 Å². The number of halogens is 1. The highest BCUT2D eigenvalue weighted by molar-refractivity contribution is 7.89. The van der Waals surface area contributed by atoms with Crippen LogP contribution in [0.3, 0.4) is 0 Å². The molecule has 0 amide bonds. The Morgan fingerprint density at radius 3 is 2.00 bits per heavy atom. The minimum absolute atomic E-state index is 0.0123. The normalized spacial score (nSPS) is 11.6. The summed E-state index contributed by atoms with van der Waals surface area (Å²) in [5.74, 6) is -0.290. The van der Waals surface area contributed by atoms with Crippen molar-refractivity contribution in [1.29, 1.82) is 0 Å². The second-order valence-corrected chi connectivity index (χ2v) is 9.30. The molecule has 2 aromatic carbocycles. The van der Waals surface area contributed by atoms with Gasteiger partial charge in [-0.2, -0.15) is 4.31 Å². The Labute approximate surface area is 186 Å². The fourth-order valence-electron chi connectivity index (χ4n) is 3.24. The van der Waals surface area contributed by atoms with E-state index in [9.17, 15) is 18.0 Å². The quantitative estimate of drug-likeness (QED) is 0.476. The second kappa shape index (κ2) is 9.60. The first-order chi connectivity index (χ1) is 14.8. The number of pyridine rings is 1. The smallest absolute Gasteiger partial charge is 0.251 e. The van der Waals surface area contributed by atoms with Crippen LogP contribution in [0, 0.1) is 0 Å². The molecule has 0 N–H and O–H groups in total. The van der Waals surface area contributed by atoms with Crippen LogP contribution in [0.2, 0.25) is 5.02 Å². The van der Waals surface area contributed by atoms with Gasteiger partial charge in [0.05, 0.1) is 11.4 Å². The number of sulfonamides is 1. The summed E-state index contributed by atoms with van der Waals surface area (Å²) in [5.41, 5.74) is 1.89. The number of nitrogens with zero attached hydrogens (tertiary/aromatic N) is 2. The zero-order chi connectivity index (χ0) is 22.6. The van der Waals surface area contributed by atoms with E-state index in [4.69, 9.17) is 11.6 Å². The van der Waals surface area contributed by atoms with Crippen molar-refractivity contribution in [1.82, 2.24) is 8.87 Å². The number of carbonyl (C=O) groups excluding carboxylic acids is 1. The molecular formula is C23H23ClN2O4S. The number of hydrogen-bond acceptors (Lipinski definition) is 4. The van der Waals surface area contributed by atoms with Crippen molar-refractivity contribution in [2.24, 2.45) is 0 Å². The molecule has 0 aliphatic rings. The van der Waals surface area contributed by atoms with Crippen LogP contribution < -0.4 is 5.56 Å². The number of benzene rings is 2. The number of Topliss-reactive ketones (excluding diaryl/α,β-unsaturated/α-hetero) is 1. The summed E-state index contributed by atoms with van der Waals surface area (Å²) in [6, 6.07) is 16.8. The average Bonchev–Trinajstić information content (AvgIpc) is 2.76. The van der Waals surface area contributed by atoms with Crippen molar-refractivity contribution in [2.45, 2.75) is 25.3 Å². The van der Waals surface area contributed by atoms with Crippen LogP contribution >= 0.6 is 11.6 Å². The maximum Gasteiger partial charge on any atom is 0.251 e. The van der Waals surface area contributed by atoms with Crippen molar-refractivity contribution in [3.05, 3.63) is 87.8 Å². The maximum atomic E-state index is 12.7. The van der Waals surface area contributed by atoms with Gasteiger partial charge in [-0.25, -0.2) is 8.42 Å². The van der Waals surface area contributed by atoms with Crippen LogP contribution in [0.25, 0.3) is 11.1 Å². The van der Waals surface area contributed by atoms with E-state index in [-0.39, 0.29) is 17.2 Å². The summed E-state index contributed by atoms with van der Waals surface area (Å²) in [6.45, 7) is 3.87. The Morgan fingerprint density at radius 2 is 1.45 bits per heavy atom. The summed E-state index contributed by atoms with van der Waals surface area (Å²) >= 11 is 5.92. The molecule has 0 bridgehead atoms. The van der Waals surface area contributed by atoms with E-state index >= 15 is 0 Å². The third-order valence-corrected chi connectivity index (χ3v) is 7.28. The lowest BCUT2D eigenvalue weighted by atomic mass is 10.0. The topological polar surface area (TPSA) is 76.5 Å². The van der Waals surface area contributed by atoms with Gasteiger partial charge in [-0.3, -0.25) is 9.59 Å². The largest absolute Gasteiger partial charge is 0.306 e. The summed E-state index contributed by atoms with van der Waals surface area (Å²) in [7, 11) is -3.73. The first-order valence-electron chi connectivity index (χ1n) is 9.86. The summed E-state index contributed by atoms with van der Waals surface area (Å²) < 4.78 is 27.9. The van der Waals surface area contributed by atoms with Crippen LogP contribution in [0.5, 0.6) is 0 Å². The van der Waals surface area contributed by atoms with E-state index in [0.717, 1.165) is 15.7 Å². The minimum Gasteiger partial charge on any atom is -0.306 e. The molecule has 31 heavy (non-hydrogen) atoms. The molecule has 0 spiro atoms. The van der Waals surface area contributed by atoms with Gasteiger partial charge in [0.15, 0.2) is 5.78 Å². The van der Waals surface area contributed by atoms with Gasteiger partial charge in [-0.15, -0.1) is 0 Å². The number of ketones is 1. The van der Waals surface area contributed by atoms with Crippen LogP contribution in [-0.2, 0) is 16.6 Å². The molecule has 6 nitrogen and oxygen atoms in total. The fraction of sp³-hybridized carbons (Fsp3) is 0.217. The van der Waals surface area contributed by atoms with Crippen LogP contribution in [0.15, 0.2) is 76.6 Å². The Balaban J connectivity index is 1.83. The van der Waals surface area contributed by atoms with Crippen molar-refractivity contribution in [3.8, 4) is 11.1 Å². The Kier molecular flexibility index (Phi) is 7.10. The van der Waals surface area contributed by atoms with E-state index in [1.54, 1.807) is 38.1 Å². The highest BCUT2D eigenvalue weighted by Gasteiger charge is 2.22. The first-order valence-corrected chi connectivity index (χ1v) is 11.7. The van der Waals surface area contributed by atoms with Gasteiger partial charge in [-0.05, 0) is 29.3 Å². The van der Waals surface area contributed by atoms with Gasteiger partial charge in [0, 0.05) is 35.9 Å². The molecule has 0 saturated heterocycles. The summed E-state index contributed by atoms with van der Waals surface area (Å²) in [4.78, 5) is 24.9. The van der Waals surface area contributed by atoms with Crippen LogP contribution in [0.4, 0.5) is 0 Å². The van der Waals surface area contributed by atoms with Gasteiger partial charge in [0.25, 0.3) is 5.56 Å². The van der Waals surface area contributed by atoms with Crippen LogP contribution in [0.1, 0.15) is 24.2 Å². The molecule has 0 radical (unpaired) electrons. The molecule has 0 fully saturated rings. The third-order valence-electron chi connectivity index (χ3n) is 5.00. The zero-order valence-corrected chi connectivity index (χ0v) is 18.9. The standard InChI is InChI=1S/C23H23ClN2O4S/c1-3-26(4-2)31(29,30)21-13-14-23(28)25(15-21)16-22(27)19-7-5-17(6-8-19)18-9-11-20(24)12-10-18/h5-15H,3-4,16H2,1-2H3. The molecule has 0 aliphatic carbocycles. The Bertz CT molecular complexity index is 1230. The lowest BCUT2D eigenvalue weighted by Gasteiger charge is -2.19. The van der Waals surface area contributed by atoms with Gasteiger partial charge >= 0.3 is 0 Å². The SMILES string of the molecule is CCN(CC)S(=O)(=O)c1ccc(=O)n(CC(=O)c2ccc(-c3ccc(Cl)cc3)cc2)c1. The maximum absolute atomic E-state index is 12.7. The Morgan fingerprint density at radius 1 is 0.903 bits per heavy atom. The molecule has 162 valence electrons. The number of aromatic nitrogens is 1. The van der Waals surface area contributed by atoms with Crippen LogP contribution in [-0.4, -0.2) is 36.2 Å². The van der Waals surface area contributed by atoms with Crippen molar-refractivity contribution >= 4 is 27.4 Å². The predicted molar refractivity (Wildman–Crippen MR) is 122 cm³/mol. The highest BCUT2D eigenvalue weighted by Crippen LogP contribution is 2.22. The predicted octanol–water partition coefficient (Wildman–Crippen LogP) is 4.08. The third kappa shape index (κ3) is 5.12. The fourth-order valence-corrected chi connectivity index (χ4v) is 4.84. The van der Waals surface area contributed by atoms with Crippen molar-refractivity contribution < 1.29 is 13.2 Å². The Hall–Kier alpha value is -2.74. The number of hydrogen-bond donors (Lipinski definition) is 0. The molecule has 1 aromatic heterocycles. The van der Waals surface area contributed by atoms with E-state index < -0.39 is 15.6 Å². The highest BCUT2D eigenvalue weighted by atomic mass is 35.5. The number of carbonyl (C=O) groups is 1. The molecule has 0 atom stereocenters. The molecule has 0 saturated carbocycles. The monoisotopic (exact) mass is 458 g/mol. The molecule has 0 aliphatic heterocycles. The summed E-state index contributed by atoms with van der Waals surface area (Å²) in [5, 5.41) is 0.645. The zero-order valence-electron chi connectivity index (χ0n) is 17.3. The van der Waals surface area contributed by atoms with E-state index in [2.05, 4.69) is 0 Å². The van der Waals surface area contributed by atoms with Gasteiger partial charge < -0.3 is 4.57 Å². The first kappa shape index (κ1) is 22.9. The van der Waals surface area contributed by atoms with E-state index in [0.29, 0.717) is 23.7 Å². The molecule has 0 unspecified atom stereocenters. The molecule has 3 aromatic rings. The van der Waals surface area contributed by atoms with E-state index in [1.807, 2.05) is 24.3 Å². The summed E-state index contributed by atoms with van der Waals surface area (Å²) in [6.07, 6.45) is 1.23. The number of rotatable bonds is 8. The second-order valence-electron chi connectivity index (χ2n) is 6.93. The van der Waals surface area contributed by atoms with Gasteiger partial charge in [0.1, 0.15) is 0 Å². The average molecular weight is 459 g/mol. The van der Waals surface area contributed by atoms with Crippen molar-refractivity contribution in [3.63, 3.8) is 0 Å². The molecule has 1 heterocycles. The molecule has 3 rings (SSSR count). The molecule has 8 heteroatoms. The lowest BCUT2D eigenvalue weighted by Crippen LogP contribution is -2.32. The lowest BCUT2D eigenvalue weighted by molar-refractivity contribution is 0.0970. The van der Waals surface area contributed by atoms with Gasteiger partial charge in [0.2, 0.25) is 10.0 Å². The minimum atomic E-state index is -3.73. The molecular weight excluding hydrogens is 436 g/mol.